The van der Waals surface area contributed by atoms with Gasteiger partial charge in [0.2, 0.25) is 10.0 Å². The Bertz CT molecular complexity index is 588. The summed E-state index contributed by atoms with van der Waals surface area (Å²) < 4.78 is 42.0. The molecule has 0 radical (unpaired) electrons. The predicted octanol–water partition coefficient (Wildman–Crippen LogP) is 0.0856. The van der Waals surface area contributed by atoms with Crippen LogP contribution >= 0.6 is 0 Å². The third-order valence-electron chi connectivity index (χ3n) is 3.30. The topological polar surface area (TPSA) is 85.3 Å². The highest BCUT2D eigenvalue weighted by Gasteiger charge is 2.31. The molecule has 1 aliphatic heterocycles. The van der Waals surface area contributed by atoms with Crippen molar-refractivity contribution in [2.75, 3.05) is 40.5 Å². The van der Waals surface area contributed by atoms with E-state index in [-0.39, 0.29) is 31.2 Å². The molecule has 1 aliphatic rings. The number of hydrogen-bond donors (Lipinski definition) is 1. The predicted molar refractivity (Wildman–Crippen MR) is 75.1 cm³/mol. The summed E-state index contributed by atoms with van der Waals surface area (Å²) in [5.41, 5.74) is 0. The Kier molecular flexibility index (Phi) is 5.04. The van der Waals surface area contributed by atoms with E-state index in [0.717, 1.165) is 0 Å². The van der Waals surface area contributed by atoms with Crippen LogP contribution < -0.4 is 9.47 Å². The van der Waals surface area contributed by atoms with Crippen LogP contribution in [0.15, 0.2) is 23.1 Å². The van der Waals surface area contributed by atoms with E-state index in [9.17, 15) is 8.42 Å². The van der Waals surface area contributed by atoms with Crippen LogP contribution in [0, 0.1) is 0 Å². The zero-order valence-electron chi connectivity index (χ0n) is 12.0. The number of aliphatic hydroxyl groups excluding tert-OH is 1. The molecule has 7 nitrogen and oxygen atoms in total. The number of methoxy groups -OCH3 is 2. The van der Waals surface area contributed by atoms with Crippen molar-refractivity contribution in [3.05, 3.63) is 18.2 Å². The van der Waals surface area contributed by atoms with Gasteiger partial charge in [0.15, 0.2) is 11.5 Å². The third-order valence-corrected chi connectivity index (χ3v) is 5.16. The molecule has 1 N–H and O–H groups in total. The molecule has 118 valence electrons. The highest BCUT2D eigenvalue weighted by atomic mass is 32.2. The standard InChI is InChI=1S/C13H19NO6S/c1-18-12-4-3-11(7-13(12)19-2)21(16,17)14-5-6-20-10(8-14)9-15/h3-4,7,10,15H,5-6,8-9H2,1-2H3. The van der Waals surface area contributed by atoms with E-state index in [1.165, 1.54) is 30.7 Å². The van der Waals surface area contributed by atoms with Gasteiger partial charge in [-0.1, -0.05) is 0 Å². The Balaban J connectivity index is 2.30. The Morgan fingerprint density at radius 3 is 2.67 bits per heavy atom. The molecule has 1 aromatic carbocycles. The fourth-order valence-electron chi connectivity index (χ4n) is 2.15. The minimum Gasteiger partial charge on any atom is -0.493 e. The van der Waals surface area contributed by atoms with Gasteiger partial charge in [-0.3, -0.25) is 0 Å². The summed E-state index contributed by atoms with van der Waals surface area (Å²) in [5.74, 6) is 0.817. The van der Waals surface area contributed by atoms with Crippen LogP contribution in [0.25, 0.3) is 0 Å². The molecule has 1 fully saturated rings. The molecule has 1 saturated heterocycles. The van der Waals surface area contributed by atoms with E-state index in [0.29, 0.717) is 11.5 Å². The lowest BCUT2D eigenvalue weighted by atomic mass is 10.3. The van der Waals surface area contributed by atoms with Crippen LogP contribution in [0.4, 0.5) is 0 Å². The SMILES string of the molecule is COc1ccc(S(=O)(=O)N2CCOC(CO)C2)cc1OC. The number of morpholine rings is 1. The van der Waals surface area contributed by atoms with E-state index < -0.39 is 16.1 Å². The summed E-state index contributed by atoms with van der Waals surface area (Å²) in [7, 11) is -0.721. The second-order valence-electron chi connectivity index (χ2n) is 4.56. The normalized spacial score (nSPS) is 20.2. The number of benzene rings is 1. The lowest BCUT2D eigenvalue weighted by molar-refractivity contribution is -0.0304. The molecule has 0 aliphatic carbocycles. The highest BCUT2D eigenvalue weighted by Crippen LogP contribution is 2.31. The molecule has 1 heterocycles. The number of rotatable bonds is 5. The second-order valence-corrected chi connectivity index (χ2v) is 6.49. The monoisotopic (exact) mass is 317 g/mol. The Morgan fingerprint density at radius 1 is 1.33 bits per heavy atom. The van der Waals surface area contributed by atoms with Crippen LogP contribution in [0.3, 0.4) is 0 Å². The van der Waals surface area contributed by atoms with Crippen molar-refractivity contribution in [3.8, 4) is 11.5 Å². The molecular formula is C13H19NO6S. The van der Waals surface area contributed by atoms with Gasteiger partial charge < -0.3 is 19.3 Å². The molecule has 0 amide bonds. The molecule has 0 aromatic heterocycles. The average molecular weight is 317 g/mol. The van der Waals surface area contributed by atoms with Crippen LogP contribution in [0.1, 0.15) is 0 Å². The van der Waals surface area contributed by atoms with Gasteiger partial charge in [-0.25, -0.2) is 8.42 Å². The quantitative estimate of drug-likeness (QED) is 0.828. The number of ether oxygens (including phenoxy) is 3. The summed E-state index contributed by atoms with van der Waals surface area (Å²) in [6, 6.07) is 4.45. The molecule has 0 saturated carbocycles. The van der Waals surface area contributed by atoms with Gasteiger partial charge >= 0.3 is 0 Å². The summed E-state index contributed by atoms with van der Waals surface area (Å²) in [6.45, 7) is 0.441. The number of sulfonamides is 1. The van der Waals surface area contributed by atoms with Gasteiger partial charge in [-0.05, 0) is 12.1 Å². The average Bonchev–Trinajstić information content (AvgIpc) is 2.54. The van der Waals surface area contributed by atoms with E-state index in [1.807, 2.05) is 0 Å². The minimum absolute atomic E-state index is 0.124. The van der Waals surface area contributed by atoms with Crippen LogP contribution in [0.5, 0.6) is 11.5 Å². The Labute approximate surface area is 124 Å². The van der Waals surface area contributed by atoms with Crippen LogP contribution in [-0.4, -0.2) is 64.5 Å². The number of aliphatic hydroxyl groups is 1. The lowest BCUT2D eigenvalue weighted by Gasteiger charge is -2.31. The maximum atomic E-state index is 12.6. The van der Waals surface area contributed by atoms with Crippen molar-refractivity contribution in [1.29, 1.82) is 0 Å². The van der Waals surface area contributed by atoms with Crippen molar-refractivity contribution in [2.24, 2.45) is 0 Å². The van der Waals surface area contributed by atoms with Gasteiger partial charge in [0.25, 0.3) is 0 Å². The van der Waals surface area contributed by atoms with E-state index in [2.05, 4.69) is 0 Å². The number of hydrogen-bond acceptors (Lipinski definition) is 6. The molecular weight excluding hydrogens is 298 g/mol. The van der Waals surface area contributed by atoms with Gasteiger partial charge in [0.1, 0.15) is 0 Å². The highest BCUT2D eigenvalue weighted by molar-refractivity contribution is 7.89. The van der Waals surface area contributed by atoms with Gasteiger partial charge in [0, 0.05) is 19.2 Å². The van der Waals surface area contributed by atoms with Crippen molar-refractivity contribution in [2.45, 2.75) is 11.0 Å². The largest absolute Gasteiger partial charge is 0.493 e. The van der Waals surface area contributed by atoms with E-state index >= 15 is 0 Å². The molecule has 2 rings (SSSR count). The smallest absolute Gasteiger partial charge is 0.243 e. The lowest BCUT2D eigenvalue weighted by Crippen LogP contribution is -2.46. The first-order valence-corrected chi connectivity index (χ1v) is 7.91. The summed E-state index contributed by atoms with van der Waals surface area (Å²) >= 11 is 0. The fraction of sp³-hybridized carbons (Fsp3) is 0.538. The molecule has 21 heavy (non-hydrogen) atoms. The van der Waals surface area contributed by atoms with Crippen LogP contribution in [0.2, 0.25) is 0 Å². The summed E-state index contributed by atoms with van der Waals surface area (Å²) in [6.07, 6.45) is -0.492. The van der Waals surface area contributed by atoms with Crippen molar-refractivity contribution < 1.29 is 27.7 Å². The molecule has 0 bridgehead atoms. The molecule has 1 unspecified atom stereocenters. The van der Waals surface area contributed by atoms with Gasteiger partial charge in [0.05, 0.1) is 38.4 Å². The minimum atomic E-state index is -3.66. The van der Waals surface area contributed by atoms with Crippen LogP contribution in [-0.2, 0) is 14.8 Å². The van der Waals surface area contributed by atoms with Crippen molar-refractivity contribution in [3.63, 3.8) is 0 Å². The van der Waals surface area contributed by atoms with Crippen molar-refractivity contribution in [1.82, 2.24) is 4.31 Å². The maximum Gasteiger partial charge on any atom is 0.243 e. The summed E-state index contributed by atoms with van der Waals surface area (Å²) in [5, 5.41) is 9.11. The Hall–Kier alpha value is -1.35. The second kappa shape index (κ2) is 6.61. The first-order valence-electron chi connectivity index (χ1n) is 6.47. The van der Waals surface area contributed by atoms with Gasteiger partial charge in [-0.2, -0.15) is 4.31 Å². The van der Waals surface area contributed by atoms with E-state index in [4.69, 9.17) is 19.3 Å². The fourth-order valence-corrected chi connectivity index (χ4v) is 3.62. The van der Waals surface area contributed by atoms with Gasteiger partial charge in [-0.15, -0.1) is 0 Å². The number of nitrogens with zero attached hydrogens (tertiary/aromatic N) is 1. The summed E-state index contributed by atoms with van der Waals surface area (Å²) in [4.78, 5) is 0.124. The Morgan fingerprint density at radius 2 is 2.05 bits per heavy atom. The zero-order chi connectivity index (χ0) is 15.5. The molecule has 1 atom stereocenters. The zero-order valence-corrected chi connectivity index (χ0v) is 12.8. The third kappa shape index (κ3) is 3.29. The molecule has 1 aromatic rings. The molecule has 8 heteroatoms. The van der Waals surface area contributed by atoms with E-state index in [1.54, 1.807) is 6.07 Å². The van der Waals surface area contributed by atoms with Crippen molar-refractivity contribution >= 4 is 10.0 Å². The molecule has 0 spiro atoms. The maximum absolute atomic E-state index is 12.6. The first-order chi connectivity index (χ1) is 10.0. The first kappa shape index (κ1) is 16.0.